The lowest BCUT2D eigenvalue weighted by atomic mass is 10.1. The molecule has 0 saturated carbocycles. The Kier molecular flexibility index (Phi) is 3.15. The van der Waals surface area contributed by atoms with E-state index in [4.69, 9.17) is 9.63 Å². The number of hydrogen-bond donors (Lipinski definition) is 1. The van der Waals surface area contributed by atoms with Crippen LogP contribution in [0.4, 0.5) is 0 Å². The average molecular weight is 282 g/mol. The molecule has 0 fully saturated rings. The number of aromatic carboxylic acids is 1. The smallest absolute Gasteiger partial charge is 0.335 e. The highest BCUT2D eigenvalue weighted by Crippen LogP contribution is 2.20. The van der Waals surface area contributed by atoms with Crippen molar-refractivity contribution in [1.29, 1.82) is 0 Å². The van der Waals surface area contributed by atoms with Gasteiger partial charge < -0.3 is 9.63 Å². The molecular formula is C14H10N4O3. The van der Waals surface area contributed by atoms with Crippen molar-refractivity contribution >= 4 is 5.97 Å². The fourth-order valence-electron chi connectivity index (χ4n) is 1.69. The molecule has 0 unspecified atom stereocenters. The van der Waals surface area contributed by atoms with Crippen LogP contribution in [0.25, 0.3) is 23.1 Å². The number of aromatic nitrogens is 4. The summed E-state index contributed by atoms with van der Waals surface area (Å²) in [5, 5.41) is 12.7. The van der Waals surface area contributed by atoms with Crippen LogP contribution in [-0.4, -0.2) is 31.2 Å². The van der Waals surface area contributed by atoms with Gasteiger partial charge in [-0.25, -0.2) is 14.8 Å². The molecule has 0 aliphatic carbocycles. The molecule has 0 bridgehead atoms. The van der Waals surface area contributed by atoms with Crippen molar-refractivity contribution in [2.24, 2.45) is 0 Å². The molecule has 2 aromatic heterocycles. The lowest BCUT2D eigenvalue weighted by molar-refractivity contribution is 0.0697. The number of benzene rings is 1. The monoisotopic (exact) mass is 282 g/mol. The first kappa shape index (κ1) is 12.9. The van der Waals surface area contributed by atoms with Gasteiger partial charge in [0.1, 0.15) is 0 Å². The third-order valence-corrected chi connectivity index (χ3v) is 2.79. The van der Waals surface area contributed by atoms with E-state index >= 15 is 0 Å². The number of carboxylic acids is 1. The maximum absolute atomic E-state index is 10.8. The number of nitrogens with zero attached hydrogens (tertiary/aromatic N) is 4. The molecule has 0 radical (unpaired) electrons. The van der Waals surface area contributed by atoms with Crippen LogP contribution >= 0.6 is 0 Å². The predicted octanol–water partition coefficient (Wildman–Crippen LogP) is 2.20. The van der Waals surface area contributed by atoms with Crippen molar-refractivity contribution in [1.82, 2.24) is 20.1 Å². The standard InChI is InChI=1S/C14H10N4O3/c1-8-6-15-11(16-7-8)12-17-13(21-18-12)9-2-4-10(5-3-9)14(19)20/h2-7H,1H3,(H,19,20). The summed E-state index contributed by atoms with van der Waals surface area (Å²) in [5.41, 5.74) is 1.76. The minimum absolute atomic E-state index is 0.195. The van der Waals surface area contributed by atoms with Crippen LogP contribution in [0.5, 0.6) is 0 Å². The van der Waals surface area contributed by atoms with Gasteiger partial charge in [-0.05, 0) is 36.8 Å². The van der Waals surface area contributed by atoms with Crippen LogP contribution in [-0.2, 0) is 0 Å². The Labute approximate surface area is 119 Å². The first-order chi connectivity index (χ1) is 10.1. The van der Waals surface area contributed by atoms with Crippen molar-refractivity contribution in [3.63, 3.8) is 0 Å². The Bertz CT molecular complexity index is 779. The van der Waals surface area contributed by atoms with E-state index in [1.54, 1.807) is 24.5 Å². The average Bonchev–Trinajstić information content (AvgIpc) is 2.98. The summed E-state index contributed by atoms with van der Waals surface area (Å²) in [6.07, 6.45) is 3.33. The second-order valence-corrected chi connectivity index (χ2v) is 4.39. The summed E-state index contributed by atoms with van der Waals surface area (Å²) in [5.74, 6) is -0.0444. The van der Waals surface area contributed by atoms with E-state index in [9.17, 15) is 4.79 Å². The van der Waals surface area contributed by atoms with Gasteiger partial charge in [-0.2, -0.15) is 4.98 Å². The number of aryl methyl sites for hydroxylation is 1. The molecular weight excluding hydrogens is 272 g/mol. The van der Waals surface area contributed by atoms with Gasteiger partial charge in [0.15, 0.2) is 0 Å². The van der Waals surface area contributed by atoms with Crippen molar-refractivity contribution in [3.8, 4) is 23.1 Å². The molecule has 1 N–H and O–H groups in total. The van der Waals surface area contributed by atoms with Crippen LogP contribution in [0, 0.1) is 6.92 Å². The van der Waals surface area contributed by atoms with E-state index in [0.717, 1.165) is 5.56 Å². The molecule has 0 aliphatic rings. The maximum atomic E-state index is 10.8. The van der Waals surface area contributed by atoms with Gasteiger partial charge >= 0.3 is 5.97 Å². The van der Waals surface area contributed by atoms with Gasteiger partial charge in [-0.3, -0.25) is 0 Å². The van der Waals surface area contributed by atoms with Gasteiger partial charge in [-0.1, -0.05) is 5.16 Å². The molecule has 0 spiro atoms. The third kappa shape index (κ3) is 2.62. The quantitative estimate of drug-likeness (QED) is 0.785. The largest absolute Gasteiger partial charge is 0.478 e. The summed E-state index contributed by atoms with van der Waals surface area (Å²) in [6.45, 7) is 1.88. The molecule has 104 valence electrons. The molecule has 3 aromatic rings. The van der Waals surface area contributed by atoms with Crippen LogP contribution in [0.2, 0.25) is 0 Å². The molecule has 0 amide bonds. The van der Waals surface area contributed by atoms with E-state index in [1.165, 1.54) is 12.1 Å². The number of hydrogen-bond acceptors (Lipinski definition) is 6. The summed E-state index contributed by atoms with van der Waals surface area (Å²) >= 11 is 0. The Morgan fingerprint density at radius 2 is 1.76 bits per heavy atom. The number of rotatable bonds is 3. The zero-order valence-corrected chi connectivity index (χ0v) is 11.0. The Hall–Kier alpha value is -3.09. The molecule has 0 aliphatic heterocycles. The molecule has 1 aromatic carbocycles. The van der Waals surface area contributed by atoms with E-state index < -0.39 is 5.97 Å². The molecule has 7 nitrogen and oxygen atoms in total. The first-order valence-corrected chi connectivity index (χ1v) is 6.10. The van der Waals surface area contributed by atoms with Crippen LogP contribution in [0.15, 0.2) is 41.2 Å². The third-order valence-electron chi connectivity index (χ3n) is 2.79. The van der Waals surface area contributed by atoms with Crippen LogP contribution in [0.1, 0.15) is 15.9 Å². The second kappa shape index (κ2) is 5.12. The van der Waals surface area contributed by atoms with Gasteiger partial charge in [0, 0.05) is 18.0 Å². The van der Waals surface area contributed by atoms with Gasteiger partial charge in [0.25, 0.3) is 5.89 Å². The summed E-state index contributed by atoms with van der Waals surface area (Å²) < 4.78 is 5.15. The van der Waals surface area contributed by atoms with Crippen molar-refractivity contribution < 1.29 is 14.4 Å². The normalized spacial score (nSPS) is 10.5. The highest BCUT2D eigenvalue weighted by Gasteiger charge is 2.13. The molecule has 0 atom stereocenters. The summed E-state index contributed by atoms with van der Waals surface area (Å²) in [7, 11) is 0. The second-order valence-electron chi connectivity index (χ2n) is 4.39. The van der Waals surface area contributed by atoms with E-state index in [0.29, 0.717) is 11.4 Å². The fourth-order valence-corrected chi connectivity index (χ4v) is 1.69. The van der Waals surface area contributed by atoms with Crippen molar-refractivity contribution in [2.45, 2.75) is 6.92 Å². The first-order valence-electron chi connectivity index (χ1n) is 6.10. The van der Waals surface area contributed by atoms with E-state index in [2.05, 4.69) is 20.1 Å². The molecule has 0 saturated heterocycles. The number of carboxylic acid groups (broad SMARTS) is 1. The lowest BCUT2D eigenvalue weighted by Gasteiger charge is -1.95. The van der Waals surface area contributed by atoms with Crippen LogP contribution < -0.4 is 0 Å². The summed E-state index contributed by atoms with van der Waals surface area (Å²) in [6, 6.07) is 6.17. The fraction of sp³-hybridized carbons (Fsp3) is 0.0714. The summed E-state index contributed by atoms with van der Waals surface area (Å²) in [4.78, 5) is 23.2. The predicted molar refractivity (Wildman–Crippen MR) is 72.5 cm³/mol. The SMILES string of the molecule is Cc1cnc(-c2noc(-c3ccc(C(=O)O)cc3)n2)nc1. The van der Waals surface area contributed by atoms with Gasteiger partial charge in [-0.15, -0.1) is 0 Å². The molecule has 7 heteroatoms. The zero-order chi connectivity index (χ0) is 14.8. The Balaban J connectivity index is 1.90. The maximum Gasteiger partial charge on any atom is 0.335 e. The van der Waals surface area contributed by atoms with Crippen molar-refractivity contribution in [3.05, 3.63) is 47.8 Å². The highest BCUT2D eigenvalue weighted by atomic mass is 16.5. The Morgan fingerprint density at radius 1 is 1.10 bits per heavy atom. The minimum Gasteiger partial charge on any atom is -0.478 e. The van der Waals surface area contributed by atoms with Crippen molar-refractivity contribution in [2.75, 3.05) is 0 Å². The van der Waals surface area contributed by atoms with E-state index in [-0.39, 0.29) is 17.3 Å². The van der Waals surface area contributed by atoms with Gasteiger partial charge in [0.2, 0.25) is 11.6 Å². The van der Waals surface area contributed by atoms with Crippen LogP contribution in [0.3, 0.4) is 0 Å². The lowest BCUT2D eigenvalue weighted by Crippen LogP contribution is -1.95. The number of carbonyl (C=O) groups is 1. The molecule has 21 heavy (non-hydrogen) atoms. The minimum atomic E-state index is -0.985. The Morgan fingerprint density at radius 3 is 2.38 bits per heavy atom. The molecule has 2 heterocycles. The molecule has 3 rings (SSSR count). The zero-order valence-electron chi connectivity index (χ0n) is 11.0. The highest BCUT2D eigenvalue weighted by molar-refractivity contribution is 5.88. The van der Waals surface area contributed by atoms with Gasteiger partial charge in [0.05, 0.1) is 5.56 Å². The van der Waals surface area contributed by atoms with E-state index in [1.807, 2.05) is 6.92 Å². The topological polar surface area (TPSA) is 102 Å².